The van der Waals surface area contributed by atoms with E-state index in [0.29, 0.717) is 5.56 Å². The summed E-state index contributed by atoms with van der Waals surface area (Å²) in [6, 6.07) is 4.37. The van der Waals surface area contributed by atoms with Gasteiger partial charge < -0.3 is 10.2 Å². The molecule has 0 radical (unpaired) electrons. The van der Waals surface area contributed by atoms with Crippen LogP contribution in [0.25, 0.3) is 6.08 Å². The first kappa shape index (κ1) is 11.7. The molecular formula is C10H9F3O2. The van der Waals surface area contributed by atoms with Crippen LogP contribution >= 0.6 is 0 Å². The van der Waals surface area contributed by atoms with Crippen molar-refractivity contribution in [2.24, 2.45) is 0 Å². The van der Waals surface area contributed by atoms with Crippen LogP contribution in [0.5, 0.6) is 0 Å². The van der Waals surface area contributed by atoms with Gasteiger partial charge >= 0.3 is 6.18 Å². The van der Waals surface area contributed by atoms with Crippen LogP contribution < -0.4 is 0 Å². The van der Waals surface area contributed by atoms with Gasteiger partial charge in [0.25, 0.3) is 0 Å². The molecule has 0 saturated heterocycles. The standard InChI is InChI=1S/C10H9F3O2/c11-10(12,13)8-4-1-7(2-5-8)3-6-9(14)15/h1-6,9,14-15H/b6-3+. The molecular weight excluding hydrogens is 209 g/mol. The van der Waals surface area contributed by atoms with Crippen molar-refractivity contribution in [3.8, 4) is 0 Å². The van der Waals surface area contributed by atoms with Crippen LogP contribution in [0.1, 0.15) is 11.1 Å². The topological polar surface area (TPSA) is 40.5 Å². The highest BCUT2D eigenvalue weighted by molar-refractivity contribution is 5.50. The molecule has 1 aromatic rings. The normalized spacial score (nSPS) is 12.7. The minimum atomic E-state index is -4.35. The third-order valence-electron chi connectivity index (χ3n) is 1.70. The van der Waals surface area contributed by atoms with Crippen LogP contribution in [0.2, 0.25) is 0 Å². The molecule has 0 aliphatic rings. The number of hydrogen-bond donors (Lipinski definition) is 2. The van der Waals surface area contributed by atoms with Crippen molar-refractivity contribution >= 4 is 6.08 Å². The van der Waals surface area contributed by atoms with Gasteiger partial charge in [-0.05, 0) is 23.8 Å². The molecule has 0 saturated carbocycles. The Morgan fingerprint density at radius 1 is 1.07 bits per heavy atom. The average Bonchev–Trinajstić information content (AvgIpc) is 2.14. The molecule has 0 heterocycles. The summed E-state index contributed by atoms with van der Waals surface area (Å²) in [4.78, 5) is 0. The van der Waals surface area contributed by atoms with E-state index in [9.17, 15) is 13.2 Å². The van der Waals surface area contributed by atoms with E-state index in [-0.39, 0.29) is 0 Å². The van der Waals surface area contributed by atoms with Gasteiger partial charge in [-0.1, -0.05) is 18.2 Å². The smallest absolute Gasteiger partial charge is 0.365 e. The predicted octanol–water partition coefficient (Wildman–Crippen LogP) is 2.03. The molecule has 2 nitrogen and oxygen atoms in total. The number of hydrogen-bond acceptors (Lipinski definition) is 2. The van der Waals surface area contributed by atoms with Crippen molar-refractivity contribution in [3.05, 3.63) is 41.5 Å². The molecule has 5 heteroatoms. The second kappa shape index (κ2) is 4.46. The zero-order valence-electron chi connectivity index (χ0n) is 7.57. The van der Waals surface area contributed by atoms with E-state index < -0.39 is 18.0 Å². The van der Waals surface area contributed by atoms with Crippen molar-refractivity contribution < 1.29 is 23.4 Å². The fourth-order valence-corrected chi connectivity index (χ4v) is 0.980. The van der Waals surface area contributed by atoms with Crippen LogP contribution in [-0.4, -0.2) is 16.5 Å². The van der Waals surface area contributed by atoms with Gasteiger partial charge in [0.1, 0.15) is 0 Å². The van der Waals surface area contributed by atoms with Crippen molar-refractivity contribution in [2.45, 2.75) is 12.5 Å². The first-order chi connectivity index (χ1) is 6.89. The van der Waals surface area contributed by atoms with Crippen LogP contribution in [0, 0.1) is 0 Å². The molecule has 0 aliphatic heterocycles. The number of benzene rings is 1. The first-order valence-corrected chi connectivity index (χ1v) is 4.11. The third-order valence-corrected chi connectivity index (χ3v) is 1.70. The molecule has 0 aliphatic carbocycles. The maximum Gasteiger partial charge on any atom is 0.416 e. The first-order valence-electron chi connectivity index (χ1n) is 4.11. The summed E-state index contributed by atoms with van der Waals surface area (Å²) in [5.74, 6) is 0. The van der Waals surface area contributed by atoms with Crippen molar-refractivity contribution in [1.82, 2.24) is 0 Å². The highest BCUT2D eigenvalue weighted by Gasteiger charge is 2.29. The van der Waals surface area contributed by atoms with E-state index in [1.54, 1.807) is 0 Å². The summed E-state index contributed by atoms with van der Waals surface area (Å²) in [5, 5.41) is 17.0. The van der Waals surface area contributed by atoms with Crippen molar-refractivity contribution in [2.75, 3.05) is 0 Å². The zero-order chi connectivity index (χ0) is 11.5. The van der Waals surface area contributed by atoms with E-state index in [2.05, 4.69) is 0 Å². The number of aliphatic hydroxyl groups excluding tert-OH is 1. The Morgan fingerprint density at radius 2 is 1.60 bits per heavy atom. The Kier molecular flexibility index (Phi) is 3.49. The SMILES string of the molecule is OC(O)/C=C/c1ccc(C(F)(F)F)cc1. The number of halogens is 3. The lowest BCUT2D eigenvalue weighted by Crippen LogP contribution is -2.04. The van der Waals surface area contributed by atoms with Gasteiger partial charge in [0, 0.05) is 0 Å². The van der Waals surface area contributed by atoms with Gasteiger partial charge in [-0.2, -0.15) is 13.2 Å². The lowest BCUT2D eigenvalue weighted by Gasteiger charge is -2.05. The fourth-order valence-electron chi connectivity index (χ4n) is 0.980. The Morgan fingerprint density at radius 3 is 2.00 bits per heavy atom. The molecule has 82 valence electrons. The van der Waals surface area contributed by atoms with Crippen LogP contribution in [-0.2, 0) is 6.18 Å². The summed E-state index contributed by atoms with van der Waals surface area (Å²) in [7, 11) is 0. The summed E-state index contributed by atoms with van der Waals surface area (Å²) < 4.78 is 36.4. The van der Waals surface area contributed by atoms with Crippen LogP contribution in [0.4, 0.5) is 13.2 Å². The Balaban J connectivity index is 2.82. The van der Waals surface area contributed by atoms with Gasteiger partial charge in [-0.3, -0.25) is 0 Å². The maximum absolute atomic E-state index is 12.1. The quantitative estimate of drug-likeness (QED) is 0.745. The van der Waals surface area contributed by atoms with Gasteiger partial charge in [0.2, 0.25) is 0 Å². The number of rotatable bonds is 2. The highest BCUT2D eigenvalue weighted by Crippen LogP contribution is 2.29. The van der Waals surface area contributed by atoms with Gasteiger partial charge in [0.15, 0.2) is 6.29 Å². The van der Waals surface area contributed by atoms with Crippen LogP contribution in [0.3, 0.4) is 0 Å². The molecule has 0 aromatic heterocycles. The summed E-state index contributed by atoms with van der Waals surface area (Å²) in [5.41, 5.74) is -0.264. The lowest BCUT2D eigenvalue weighted by molar-refractivity contribution is -0.137. The van der Waals surface area contributed by atoms with Gasteiger partial charge in [-0.25, -0.2) is 0 Å². The minimum Gasteiger partial charge on any atom is -0.365 e. The van der Waals surface area contributed by atoms with Crippen molar-refractivity contribution in [3.63, 3.8) is 0 Å². The van der Waals surface area contributed by atoms with E-state index in [4.69, 9.17) is 10.2 Å². The highest BCUT2D eigenvalue weighted by atomic mass is 19.4. The molecule has 1 rings (SSSR count). The fraction of sp³-hybridized carbons (Fsp3) is 0.200. The van der Waals surface area contributed by atoms with Crippen LogP contribution in [0.15, 0.2) is 30.3 Å². The second-order valence-electron chi connectivity index (χ2n) is 2.89. The van der Waals surface area contributed by atoms with E-state index in [1.165, 1.54) is 18.2 Å². The second-order valence-corrected chi connectivity index (χ2v) is 2.89. The average molecular weight is 218 g/mol. The lowest BCUT2D eigenvalue weighted by atomic mass is 10.1. The molecule has 0 bridgehead atoms. The Labute approximate surface area is 84.3 Å². The Hall–Kier alpha value is -1.33. The number of aliphatic hydroxyl groups is 2. The summed E-state index contributed by atoms with van der Waals surface area (Å²) in [6.07, 6.45) is -3.57. The summed E-state index contributed by atoms with van der Waals surface area (Å²) >= 11 is 0. The molecule has 0 unspecified atom stereocenters. The largest absolute Gasteiger partial charge is 0.416 e. The zero-order valence-corrected chi connectivity index (χ0v) is 7.57. The monoisotopic (exact) mass is 218 g/mol. The molecule has 2 N–H and O–H groups in total. The molecule has 1 aromatic carbocycles. The van der Waals surface area contributed by atoms with Gasteiger partial charge in [0.05, 0.1) is 5.56 Å². The molecule has 0 amide bonds. The Bertz CT molecular complexity index is 339. The number of alkyl halides is 3. The van der Waals surface area contributed by atoms with E-state index in [0.717, 1.165) is 18.2 Å². The minimum absolute atomic E-state index is 0.469. The molecule has 0 atom stereocenters. The third kappa shape index (κ3) is 3.73. The molecule has 0 fully saturated rings. The maximum atomic E-state index is 12.1. The van der Waals surface area contributed by atoms with Crippen molar-refractivity contribution in [1.29, 1.82) is 0 Å². The van der Waals surface area contributed by atoms with Gasteiger partial charge in [-0.15, -0.1) is 0 Å². The molecule has 15 heavy (non-hydrogen) atoms. The summed E-state index contributed by atoms with van der Waals surface area (Å²) in [6.45, 7) is 0. The molecule has 0 spiro atoms. The van der Waals surface area contributed by atoms with E-state index >= 15 is 0 Å². The predicted molar refractivity (Wildman–Crippen MR) is 48.7 cm³/mol. The van der Waals surface area contributed by atoms with E-state index in [1.807, 2.05) is 0 Å².